The van der Waals surface area contributed by atoms with Gasteiger partial charge < -0.3 is 9.64 Å². The van der Waals surface area contributed by atoms with E-state index in [1.165, 1.54) is 6.07 Å². The maximum absolute atomic E-state index is 14.7. The van der Waals surface area contributed by atoms with Gasteiger partial charge in [-0.2, -0.15) is 0 Å². The molecule has 1 heterocycles. The van der Waals surface area contributed by atoms with Crippen molar-refractivity contribution in [1.82, 2.24) is 0 Å². The van der Waals surface area contributed by atoms with E-state index < -0.39 is 16.2 Å². The van der Waals surface area contributed by atoms with Crippen LogP contribution in [0.25, 0.3) is 0 Å². The Labute approximate surface area is 287 Å². The number of nitrogens with one attached hydrogen (secondary N) is 1. The number of carbonyl (C=O) groups excluding carboxylic acids is 1. The number of amides is 1. The highest BCUT2D eigenvalue weighted by molar-refractivity contribution is 7.92. The maximum Gasteiger partial charge on any atom is 0.262 e. The molecule has 0 saturated heterocycles. The molecule has 49 heavy (non-hydrogen) atoms. The van der Waals surface area contributed by atoms with Gasteiger partial charge >= 0.3 is 0 Å². The van der Waals surface area contributed by atoms with E-state index in [0.717, 1.165) is 28.0 Å². The number of hydrogen-bond donors (Lipinski definition) is 1. The van der Waals surface area contributed by atoms with Crippen LogP contribution in [0.5, 0.6) is 11.5 Å². The van der Waals surface area contributed by atoms with Crippen molar-refractivity contribution in [2.75, 3.05) is 14.5 Å². The fraction of sp³-hybridized carbons (Fsp3) is 0.0976. The molecule has 1 aliphatic heterocycles. The van der Waals surface area contributed by atoms with Gasteiger partial charge in [-0.15, -0.1) is 0 Å². The molecule has 1 aliphatic rings. The summed E-state index contributed by atoms with van der Waals surface area (Å²) < 4.78 is 36.0. The summed E-state index contributed by atoms with van der Waals surface area (Å²) in [5.41, 5.74) is 6.06. The average molecular weight is 666 g/mol. The standard InChI is InChI=1S/C41H35N3O4S/c1-29-13-19-33(20-14-29)42-49(46,47)37-25-26-39-38(27-37)41(45)44(34-21-15-30(2)16-22-34)40(43(39)28-31-9-5-3-6-10-31)32-17-23-36(24-18-32)48-35-11-7-4-8-12-35/h3-27,40,42H,28H2,1-2H3/t40-/m1/s1. The Kier molecular flexibility index (Phi) is 8.63. The number of anilines is 3. The smallest absolute Gasteiger partial charge is 0.262 e. The van der Waals surface area contributed by atoms with Crippen molar-refractivity contribution in [3.63, 3.8) is 0 Å². The van der Waals surface area contributed by atoms with Crippen molar-refractivity contribution >= 4 is 33.0 Å². The number of hydrogen-bond acceptors (Lipinski definition) is 5. The summed E-state index contributed by atoms with van der Waals surface area (Å²) in [6, 6.07) is 47.1. The van der Waals surface area contributed by atoms with Crippen LogP contribution in [0.3, 0.4) is 0 Å². The third-order valence-corrected chi connectivity index (χ3v) is 9.92. The Morgan fingerprint density at radius 2 is 1.27 bits per heavy atom. The van der Waals surface area contributed by atoms with Gasteiger partial charge in [-0.05, 0) is 91.7 Å². The van der Waals surface area contributed by atoms with Crippen LogP contribution < -0.4 is 19.3 Å². The van der Waals surface area contributed by atoms with Crippen molar-refractivity contribution in [2.45, 2.75) is 31.5 Å². The van der Waals surface area contributed by atoms with E-state index in [9.17, 15) is 13.2 Å². The molecule has 1 amide bonds. The summed E-state index contributed by atoms with van der Waals surface area (Å²) in [7, 11) is -4.00. The largest absolute Gasteiger partial charge is 0.457 e. The quantitative estimate of drug-likeness (QED) is 0.167. The molecule has 244 valence electrons. The predicted octanol–water partition coefficient (Wildman–Crippen LogP) is 9.26. The summed E-state index contributed by atoms with van der Waals surface area (Å²) in [6.07, 6.45) is -0.554. The Balaban J connectivity index is 1.35. The molecule has 1 atom stereocenters. The number of para-hydroxylation sites is 1. The SMILES string of the molecule is Cc1ccc(NS(=O)(=O)c2ccc3c(c2)C(=O)N(c2ccc(C)cc2)[C@H](c2ccc(Oc4ccccc4)cc2)N3Cc2ccccc2)cc1. The van der Waals surface area contributed by atoms with E-state index in [4.69, 9.17) is 4.74 Å². The van der Waals surface area contributed by atoms with E-state index in [1.54, 1.807) is 29.2 Å². The first-order valence-electron chi connectivity index (χ1n) is 16.0. The Hall–Kier alpha value is -5.86. The second-order valence-electron chi connectivity index (χ2n) is 12.1. The summed E-state index contributed by atoms with van der Waals surface area (Å²) in [4.78, 5) is 18.6. The van der Waals surface area contributed by atoms with Crippen LogP contribution in [0.1, 0.15) is 38.8 Å². The maximum atomic E-state index is 14.7. The lowest BCUT2D eigenvalue weighted by atomic mass is 9.98. The van der Waals surface area contributed by atoms with Crippen molar-refractivity contribution in [3.05, 3.63) is 179 Å². The van der Waals surface area contributed by atoms with Crippen LogP contribution in [-0.2, 0) is 16.6 Å². The molecule has 0 fully saturated rings. The first-order valence-corrected chi connectivity index (χ1v) is 17.5. The Morgan fingerprint density at radius 1 is 0.673 bits per heavy atom. The topological polar surface area (TPSA) is 79.0 Å². The first kappa shape index (κ1) is 31.7. The molecule has 0 saturated carbocycles. The summed E-state index contributed by atoms with van der Waals surface area (Å²) in [5.74, 6) is 1.10. The summed E-state index contributed by atoms with van der Waals surface area (Å²) >= 11 is 0. The average Bonchev–Trinajstić information content (AvgIpc) is 3.12. The molecule has 6 aromatic carbocycles. The highest BCUT2D eigenvalue weighted by Crippen LogP contribution is 2.43. The van der Waals surface area contributed by atoms with Crippen LogP contribution >= 0.6 is 0 Å². The molecule has 1 N–H and O–H groups in total. The van der Waals surface area contributed by atoms with Gasteiger partial charge in [0.15, 0.2) is 0 Å². The highest BCUT2D eigenvalue weighted by Gasteiger charge is 2.40. The van der Waals surface area contributed by atoms with Gasteiger partial charge in [0.2, 0.25) is 0 Å². The first-order chi connectivity index (χ1) is 23.7. The molecule has 7 nitrogen and oxygen atoms in total. The number of carbonyl (C=O) groups is 1. The molecule has 0 unspecified atom stereocenters. The molecule has 0 bridgehead atoms. The van der Waals surface area contributed by atoms with Crippen LogP contribution in [0.4, 0.5) is 17.1 Å². The number of nitrogens with zero attached hydrogens (tertiary/aromatic N) is 2. The normalized spacial score (nSPS) is 14.3. The van der Waals surface area contributed by atoms with Crippen LogP contribution in [0.2, 0.25) is 0 Å². The molecule has 8 heteroatoms. The van der Waals surface area contributed by atoms with Gasteiger partial charge in [-0.3, -0.25) is 14.4 Å². The van der Waals surface area contributed by atoms with E-state index in [-0.39, 0.29) is 10.8 Å². The van der Waals surface area contributed by atoms with Gasteiger partial charge in [-0.1, -0.05) is 96.1 Å². The van der Waals surface area contributed by atoms with E-state index >= 15 is 0 Å². The summed E-state index contributed by atoms with van der Waals surface area (Å²) in [5, 5.41) is 0. The van der Waals surface area contributed by atoms with Gasteiger partial charge in [0.1, 0.15) is 17.7 Å². The number of sulfonamides is 1. The molecule has 0 aliphatic carbocycles. The molecule has 0 aromatic heterocycles. The van der Waals surface area contributed by atoms with Crippen LogP contribution in [-0.4, -0.2) is 14.3 Å². The van der Waals surface area contributed by atoms with E-state index in [2.05, 4.69) is 9.62 Å². The second-order valence-corrected chi connectivity index (χ2v) is 13.8. The lowest BCUT2D eigenvalue weighted by molar-refractivity contribution is 0.0968. The third kappa shape index (κ3) is 6.77. The fourth-order valence-corrected chi connectivity index (χ4v) is 7.11. The van der Waals surface area contributed by atoms with Gasteiger partial charge in [-0.25, -0.2) is 8.42 Å². The minimum Gasteiger partial charge on any atom is -0.457 e. The van der Waals surface area contributed by atoms with Gasteiger partial charge in [0.25, 0.3) is 15.9 Å². The van der Waals surface area contributed by atoms with Gasteiger partial charge in [0.05, 0.1) is 16.1 Å². The Bertz CT molecular complexity index is 2190. The zero-order valence-electron chi connectivity index (χ0n) is 27.2. The minimum absolute atomic E-state index is 0.00422. The third-order valence-electron chi connectivity index (χ3n) is 8.55. The second kappa shape index (κ2) is 13.3. The lowest BCUT2D eigenvalue weighted by Crippen LogP contribution is -2.49. The van der Waals surface area contributed by atoms with Crippen LogP contribution in [0.15, 0.2) is 157 Å². The van der Waals surface area contributed by atoms with Crippen molar-refractivity contribution < 1.29 is 17.9 Å². The zero-order chi connectivity index (χ0) is 34.0. The fourth-order valence-electron chi connectivity index (χ4n) is 6.03. The molecule has 6 aromatic rings. The number of aryl methyl sites for hydroxylation is 2. The van der Waals surface area contributed by atoms with Crippen molar-refractivity contribution in [3.8, 4) is 11.5 Å². The molecular weight excluding hydrogens is 631 g/mol. The minimum atomic E-state index is -4.00. The van der Waals surface area contributed by atoms with Crippen molar-refractivity contribution in [1.29, 1.82) is 0 Å². The molecule has 0 radical (unpaired) electrons. The van der Waals surface area contributed by atoms with E-state index in [0.29, 0.717) is 34.9 Å². The Morgan fingerprint density at radius 3 is 1.92 bits per heavy atom. The molecule has 0 spiro atoms. The van der Waals surface area contributed by atoms with Crippen molar-refractivity contribution in [2.24, 2.45) is 0 Å². The monoisotopic (exact) mass is 665 g/mol. The molecule has 7 rings (SSSR count). The van der Waals surface area contributed by atoms with E-state index in [1.807, 2.05) is 135 Å². The number of rotatable bonds is 9. The lowest BCUT2D eigenvalue weighted by Gasteiger charge is -2.46. The number of benzene rings is 6. The van der Waals surface area contributed by atoms with Gasteiger partial charge in [0, 0.05) is 17.9 Å². The number of fused-ring (bicyclic) bond motifs is 1. The van der Waals surface area contributed by atoms with Crippen LogP contribution in [0, 0.1) is 13.8 Å². The highest BCUT2D eigenvalue weighted by atomic mass is 32.2. The summed E-state index contributed by atoms with van der Waals surface area (Å²) in [6.45, 7) is 4.40. The number of ether oxygens (including phenoxy) is 1. The predicted molar refractivity (Wildman–Crippen MR) is 195 cm³/mol. The zero-order valence-corrected chi connectivity index (χ0v) is 28.0. The molecular formula is C41H35N3O4S.